The molecule has 0 heterocycles. The summed E-state index contributed by atoms with van der Waals surface area (Å²) in [6.07, 6.45) is -1.36. The highest BCUT2D eigenvalue weighted by Gasteiger charge is 2.30. The molecule has 0 atom stereocenters. The van der Waals surface area contributed by atoms with Gasteiger partial charge in [-0.05, 0) is 35.9 Å². The predicted octanol–water partition coefficient (Wildman–Crippen LogP) is 3.52. The van der Waals surface area contributed by atoms with Crippen molar-refractivity contribution in [1.29, 1.82) is 0 Å². The molecule has 0 fully saturated rings. The lowest BCUT2D eigenvalue weighted by Crippen LogP contribution is -2.27. The van der Waals surface area contributed by atoms with E-state index in [9.17, 15) is 18.0 Å². The van der Waals surface area contributed by atoms with Crippen LogP contribution in [0.3, 0.4) is 0 Å². The van der Waals surface area contributed by atoms with Gasteiger partial charge in [-0.25, -0.2) is 0 Å². The molecule has 2 aromatic carbocycles. The number of hydrogen-bond acceptors (Lipinski definition) is 6. The molecule has 0 aliphatic rings. The topological polar surface area (TPSA) is 86.3 Å². The summed E-state index contributed by atoms with van der Waals surface area (Å²) in [6, 6.07) is 10.3. The Morgan fingerprint density at radius 1 is 1.00 bits per heavy atom. The molecule has 33 heavy (non-hydrogen) atoms. The number of hydrogen-bond donors (Lipinski definition) is 2. The fraction of sp³-hybridized carbons (Fsp3) is 0.348. The first kappa shape index (κ1) is 26.2. The number of benzene rings is 2. The second-order valence-electron chi connectivity index (χ2n) is 6.61. The van der Waals surface area contributed by atoms with Crippen molar-refractivity contribution >= 4 is 18.1 Å². The average Bonchev–Trinajstić information content (AvgIpc) is 2.79. The standard InChI is InChI=1S/C23H26F3NO6/c1-30-21-9-6-19(22(29)27-10-12-31-14-15-32-13-11-28)16-18(21)5-2-17-3-7-20(8-4-17)33-23(24,25)26/h2-9,16,28H,10-15H2,1H3,(H,27,29). The Hall–Kier alpha value is -3.08. The highest BCUT2D eigenvalue weighted by Crippen LogP contribution is 2.25. The number of halogens is 3. The molecular weight excluding hydrogens is 443 g/mol. The van der Waals surface area contributed by atoms with E-state index in [1.807, 2.05) is 0 Å². The molecule has 0 aliphatic carbocycles. The quantitative estimate of drug-likeness (QED) is 0.345. The van der Waals surface area contributed by atoms with Crippen LogP contribution < -0.4 is 14.8 Å². The van der Waals surface area contributed by atoms with Crippen LogP contribution in [-0.2, 0) is 9.47 Å². The number of ether oxygens (including phenoxy) is 4. The van der Waals surface area contributed by atoms with Crippen LogP contribution in [-0.4, -0.2) is 64.1 Å². The lowest BCUT2D eigenvalue weighted by Gasteiger charge is -2.10. The largest absolute Gasteiger partial charge is 0.573 e. The van der Waals surface area contributed by atoms with Gasteiger partial charge in [0.05, 0.1) is 40.1 Å². The van der Waals surface area contributed by atoms with Crippen molar-refractivity contribution in [2.75, 3.05) is 46.7 Å². The lowest BCUT2D eigenvalue weighted by atomic mass is 10.1. The maximum Gasteiger partial charge on any atom is 0.573 e. The van der Waals surface area contributed by atoms with Gasteiger partial charge in [0.25, 0.3) is 5.91 Å². The first-order chi connectivity index (χ1) is 15.8. The molecule has 0 spiro atoms. The number of aliphatic hydroxyl groups is 1. The molecule has 2 rings (SSSR count). The van der Waals surface area contributed by atoms with Crippen LogP contribution in [0.1, 0.15) is 21.5 Å². The van der Waals surface area contributed by atoms with Gasteiger partial charge in [-0.3, -0.25) is 4.79 Å². The van der Waals surface area contributed by atoms with Gasteiger partial charge >= 0.3 is 6.36 Å². The third-order valence-electron chi connectivity index (χ3n) is 4.20. The summed E-state index contributed by atoms with van der Waals surface area (Å²) in [5.41, 5.74) is 1.68. The molecule has 1 amide bonds. The minimum Gasteiger partial charge on any atom is -0.496 e. The molecule has 2 aromatic rings. The number of alkyl halides is 3. The van der Waals surface area contributed by atoms with E-state index >= 15 is 0 Å². The summed E-state index contributed by atoms with van der Waals surface area (Å²) in [5.74, 6) is -0.0651. The Morgan fingerprint density at radius 3 is 2.33 bits per heavy atom. The molecule has 0 aromatic heterocycles. The molecule has 2 N–H and O–H groups in total. The third kappa shape index (κ3) is 9.94. The van der Waals surface area contributed by atoms with E-state index < -0.39 is 6.36 Å². The van der Waals surface area contributed by atoms with E-state index in [2.05, 4.69) is 10.1 Å². The zero-order valence-electron chi connectivity index (χ0n) is 18.1. The van der Waals surface area contributed by atoms with E-state index in [0.717, 1.165) is 0 Å². The summed E-state index contributed by atoms with van der Waals surface area (Å²) in [6.45, 7) is 1.55. The maximum absolute atomic E-state index is 12.4. The van der Waals surface area contributed by atoms with Crippen molar-refractivity contribution < 1.29 is 42.0 Å². The second kappa shape index (κ2) is 13.5. The highest BCUT2D eigenvalue weighted by atomic mass is 19.4. The molecule has 7 nitrogen and oxygen atoms in total. The Kier molecular flexibility index (Phi) is 10.7. The van der Waals surface area contributed by atoms with Crippen LogP contribution in [0.15, 0.2) is 42.5 Å². The maximum atomic E-state index is 12.4. The smallest absolute Gasteiger partial charge is 0.496 e. The van der Waals surface area contributed by atoms with Gasteiger partial charge in [0.2, 0.25) is 0 Å². The fourth-order valence-corrected chi connectivity index (χ4v) is 2.70. The number of aliphatic hydroxyl groups excluding tert-OH is 1. The summed E-state index contributed by atoms with van der Waals surface area (Å²) in [5, 5.41) is 11.3. The number of methoxy groups -OCH3 is 1. The van der Waals surface area contributed by atoms with Crippen molar-refractivity contribution in [3.05, 3.63) is 59.2 Å². The molecule has 180 valence electrons. The molecule has 0 bridgehead atoms. The van der Waals surface area contributed by atoms with Gasteiger partial charge in [-0.1, -0.05) is 24.3 Å². The van der Waals surface area contributed by atoms with E-state index in [-0.39, 0.29) is 24.9 Å². The van der Waals surface area contributed by atoms with Crippen LogP contribution in [0.5, 0.6) is 11.5 Å². The summed E-state index contributed by atoms with van der Waals surface area (Å²) in [4.78, 5) is 12.4. The molecule has 0 saturated carbocycles. The van der Waals surface area contributed by atoms with Gasteiger partial charge in [0.15, 0.2) is 0 Å². The Morgan fingerprint density at radius 2 is 1.70 bits per heavy atom. The number of carbonyl (C=O) groups excluding carboxylic acids is 1. The van der Waals surface area contributed by atoms with Crippen molar-refractivity contribution in [3.63, 3.8) is 0 Å². The van der Waals surface area contributed by atoms with Crippen molar-refractivity contribution in [2.24, 2.45) is 0 Å². The summed E-state index contributed by atoms with van der Waals surface area (Å²) in [7, 11) is 1.50. The van der Waals surface area contributed by atoms with Crippen molar-refractivity contribution in [1.82, 2.24) is 5.32 Å². The highest BCUT2D eigenvalue weighted by molar-refractivity contribution is 5.95. The molecule has 0 aliphatic heterocycles. The van der Waals surface area contributed by atoms with E-state index in [1.165, 1.54) is 31.4 Å². The van der Waals surface area contributed by atoms with E-state index in [0.29, 0.717) is 48.8 Å². The van der Waals surface area contributed by atoms with Crippen LogP contribution in [0.25, 0.3) is 12.2 Å². The number of carbonyl (C=O) groups is 1. The zero-order chi connectivity index (χ0) is 24.1. The second-order valence-corrected chi connectivity index (χ2v) is 6.61. The third-order valence-corrected chi connectivity index (χ3v) is 4.20. The fourth-order valence-electron chi connectivity index (χ4n) is 2.70. The van der Waals surface area contributed by atoms with Gasteiger partial charge in [0, 0.05) is 17.7 Å². The van der Waals surface area contributed by atoms with Crippen molar-refractivity contribution in [3.8, 4) is 11.5 Å². The first-order valence-electron chi connectivity index (χ1n) is 10.1. The Labute approximate surface area is 189 Å². The molecule has 10 heteroatoms. The number of rotatable bonds is 13. The predicted molar refractivity (Wildman–Crippen MR) is 116 cm³/mol. The van der Waals surface area contributed by atoms with Crippen LogP contribution in [0, 0.1) is 0 Å². The van der Waals surface area contributed by atoms with E-state index in [1.54, 1.807) is 30.4 Å². The van der Waals surface area contributed by atoms with Gasteiger partial charge in [0.1, 0.15) is 11.5 Å². The SMILES string of the molecule is COc1ccc(C(=O)NCCOCCOCCO)cc1C=Cc1ccc(OC(F)(F)F)cc1. The summed E-state index contributed by atoms with van der Waals surface area (Å²) < 4.78 is 56.4. The lowest BCUT2D eigenvalue weighted by molar-refractivity contribution is -0.274. The van der Waals surface area contributed by atoms with Crippen LogP contribution in [0.2, 0.25) is 0 Å². The zero-order valence-corrected chi connectivity index (χ0v) is 18.1. The minimum atomic E-state index is -4.74. The van der Waals surface area contributed by atoms with Gasteiger partial charge in [-0.15, -0.1) is 13.2 Å². The summed E-state index contributed by atoms with van der Waals surface area (Å²) >= 11 is 0. The number of nitrogens with one attached hydrogen (secondary N) is 1. The molecule has 0 unspecified atom stereocenters. The molecule has 0 radical (unpaired) electrons. The monoisotopic (exact) mass is 469 g/mol. The minimum absolute atomic E-state index is 0.0434. The number of amides is 1. The van der Waals surface area contributed by atoms with Crippen LogP contribution in [0.4, 0.5) is 13.2 Å². The first-order valence-corrected chi connectivity index (χ1v) is 10.1. The van der Waals surface area contributed by atoms with Crippen molar-refractivity contribution in [2.45, 2.75) is 6.36 Å². The Balaban J connectivity index is 1.93. The van der Waals surface area contributed by atoms with Gasteiger partial charge in [-0.2, -0.15) is 0 Å². The molecule has 0 saturated heterocycles. The van der Waals surface area contributed by atoms with Crippen LogP contribution >= 0.6 is 0 Å². The van der Waals surface area contributed by atoms with Gasteiger partial charge < -0.3 is 29.4 Å². The Bertz CT molecular complexity index is 900. The normalized spacial score (nSPS) is 11.5. The van der Waals surface area contributed by atoms with E-state index in [4.69, 9.17) is 19.3 Å². The molecular formula is C23H26F3NO6. The average molecular weight is 469 g/mol.